The molecule has 0 radical (unpaired) electrons. The maximum absolute atomic E-state index is 12.7. The lowest BCUT2D eigenvalue weighted by Gasteiger charge is -2.33. The fraction of sp³-hybridized carbons (Fsp3) is 0.333. The number of benzene rings is 1. The van der Waals surface area contributed by atoms with Gasteiger partial charge in [0.05, 0.1) is 12.0 Å². The Balaban J connectivity index is 0.000000438. The second kappa shape index (κ2) is 10.3. The molecule has 0 atom stereocenters. The highest BCUT2D eigenvalue weighted by Crippen LogP contribution is 2.21. The summed E-state index contributed by atoms with van der Waals surface area (Å²) >= 11 is 1.69. The van der Waals surface area contributed by atoms with Gasteiger partial charge in [-0.15, -0.1) is 0 Å². The van der Waals surface area contributed by atoms with Crippen LogP contribution in [0.25, 0.3) is 0 Å². The molecule has 9 nitrogen and oxygen atoms in total. The minimum Gasteiger partial charge on any atom is -0.497 e. The van der Waals surface area contributed by atoms with Gasteiger partial charge in [0.1, 0.15) is 5.75 Å². The number of hydrogen-bond donors (Lipinski definition) is 2. The first-order valence-corrected chi connectivity index (χ1v) is 11.0. The van der Waals surface area contributed by atoms with E-state index in [4.69, 9.17) is 24.5 Å². The summed E-state index contributed by atoms with van der Waals surface area (Å²) < 4.78 is 32.0. The van der Waals surface area contributed by atoms with E-state index >= 15 is 0 Å². The predicted molar refractivity (Wildman–Crippen MR) is 107 cm³/mol. The number of methoxy groups -OCH3 is 1. The van der Waals surface area contributed by atoms with Crippen LogP contribution in [0.1, 0.15) is 5.56 Å². The van der Waals surface area contributed by atoms with Crippen molar-refractivity contribution in [2.75, 3.05) is 33.3 Å². The van der Waals surface area contributed by atoms with Crippen LogP contribution in [0.2, 0.25) is 0 Å². The Morgan fingerprint density at radius 2 is 1.62 bits per heavy atom. The van der Waals surface area contributed by atoms with Crippen molar-refractivity contribution < 1.29 is 33.0 Å². The molecule has 2 aromatic rings. The highest BCUT2D eigenvalue weighted by molar-refractivity contribution is 7.89. The lowest BCUT2D eigenvalue weighted by atomic mass is 10.3. The SMILES string of the molecule is COc1ccc(S(=O)(=O)N2CCN(Cc3ccsc3)CC2)cc1.O=C(O)C(=O)O. The number of aliphatic carboxylic acids is 2. The molecule has 158 valence electrons. The van der Waals surface area contributed by atoms with Gasteiger partial charge in [0, 0.05) is 32.7 Å². The predicted octanol–water partition coefficient (Wildman–Crippen LogP) is 1.42. The van der Waals surface area contributed by atoms with E-state index in [0.717, 1.165) is 19.6 Å². The summed E-state index contributed by atoms with van der Waals surface area (Å²) in [7, 11) is -1.85. The van der Waals surface area contributed by atoms with Crippen molar-refractivity contribution in [1.82, 2.24) is 9.21 Å². The molecule has 2 N–H and O–H groups in total. The van der Waals surface area contributed by atoms with Crippen molar-refractivity contribution in [3.8, 4) is 5.75 Å². The number of carboxylic acids is 2. The third-order valence-corrected chi connectivity index (χ3v) is 6.84. The van der Waals surface area contributed by atoms with Crippen molar-refractivity contribution in [1.29, 1.82) is 0 Å². The van der Waals surface area contributed by atoms with Crippen molar-refractivity contribution >= 4 is 33.3 Å². The van der Waals surface area contributed by atoms with Crippen LogP contribution in [-0.2, 0) is 26.2 Å². The van der Waals surface area contributed by atoms with E-state index in [1.54, 1.807) is 47.0 Å². The smallest absolute Gasteiger partial charge is 0.414 e. The average Bonchev–Trinajstić information content (AvgIpc) is 3.22. The molecule has 0 spiro atoms. The molecule has 1 fully saturated rings. The Morgan fingerprint density at radius 1 is 1.03 bits per heavy atom. The first-order chi connectivity index (χ1) is 13.7. The number of nitrogens with zero attached hydrogens (tertiary/aromatic N) is 2. The first kappa shape index (κ1) is 22.8. The zero-order chi connectivity index (χ0) is 21.4. The molecule has 0 bridgehead atoms. The molecule has 11 heteroatoms. The van der Waals surface area contributed by atoms with Gasteiger partial charge in [-0.25, -0.2) is 18.0 Å². The number of ether oxygens (including phenoxy) is 1. The van der Waals surface area contributed by atoms with Crippen LogP contribution in [0.15, 0.2) is 46.0 Å². The standard InChI is InChI=1S/C16H20N2O3S2.C2H2O4/c1-21-15-2-4-16(5-3-15)23(19,20)18-9-7-17(8-10-18)12-14-6-11-22-13-14;3-1(4)2(5)6/h2-6,11,13H,7-10,12H2,1H3;(H,3,4)(H,5,6). The molecule has 29 heavy (non-hydrogen) atoms. The van der Waals surface area contributed by atoms with Crippen LogP contribution >= 0.6 is 11.3 Å². The lowest BCUT2D eigenvalue weighted by molar-refractivity contribution is -0.159. The van der Waals surface area contributed by atoms with Gasteiger partial charge < -0.3 is 14.9 Å². The van der Waals surface area contributed by atoms with Crippen LogP contribution in [0, 0.1) is 0 Å². The Bertz CT molecular complexity index is 892. The van der Waals surface area contributed by atoms with Gasteiger partial charge >= 0.3 is 11.9 Å². The molecule has 1 aromatic heterocycles. The monoisotopic (exact) mass is 442 g/mol. The molecule has 3 rings (SSSR count). The molecule has 1 aliphatic rings. The number of piperazine rings is 1. The van der Waals surface area contributed by atoms with Gasteiger partial charge in [-0.2, -0.15) is 15.6 Å². The van der Waals surface area contributed by atoms with E-state index in [2.05, 4.69) is 21.7 Å². The van der Waals surface area contributed by atoms with Gasteiger partial charge in [0.15, 0.2) is 0 Å². The van der Waals surface area contributed by atoms with Crippen LogP contribution in [0.5, 0.6) is 5.75 Å². The van der Waals surface area contributed by atoms with Crippen LogP contribution in [0.4, 0.5) is 0 Å². The van der Waals surface area contributed by atoms with Crippen LogP contribution in [-0.4, -0.2) is 73.1 Å². The fourth-order valence-corrected chi connectivity index (χ4v) is 4.75. The number of sulfonamides is 1. The van der Waals surface area contributed by atoms with E-state index in [-0.39, 0.29) is 0 Å². The Kier molecular flexibility index (Phi) is 8.14. The number of carbonyl (C=O) groups is 2. The minimum absolute atomic E-state index is 0.324. The van der Waals surface area contributed by atoms with E-state index in [9.17, 15) is 8.42 Å². The molecule has 0 aliphatic carbocycles. The van der Waals surface area contributed by atoms with Crippen molar-refractivity contribution in [3.63, 3.8) is 0 Å². The molecular formula is C18H22N2O7S2. The van der Waals surface area contributed by atoms with E-state index in [1.807, 2.05) is 0 Å². The van der Waals surface area contributed by atoms with E-state index in [0.29, 0.717) is 23.7 Å². The summed E-state index contributed by atoms with van der Waals surface area (Å²) in [5.41, 5.74) is 1.29. The molecule has 0 amide bonds. The third-order valence-electron chi connectivity index (χ3n) is 4.20. The van der Waals surface area contributed by atoms with Crippen molar-refractivity contribution in [2.24, 2.45) is 0 Å². The summed E-state index contributed by atoms with van der Waals surface area (Å²) in [4.78, 5) is 20.8. The van der Waals surface area contributed by atoms with Crippen molar-refractivity contribution in [3.05, 3.63) is 46.7 Å². The molecule has 2 heterocycles. The van der Waals surface area contributed by atoms with Gasteiger partial charge in [-0.3, -0.25) is 4.90 Å². The van der Waals surface area contributed by atoms with Crippen LogP contribution < -0.4 is 4.74 Å². The van der Waals surface area contributed by atoms with Gasteiger partial charge in [-0.05, 0) is 46.7 Å². The van der Waals surface area contributed by atoms with Crippen LogP contribution in [0.3, 0.4) is 0 Å². The second-order valence-corrected chi connectivity index (χ2v) is 8.82. The summed E-state index contributed by atoms with van der Waals surface area (Å²) in [5, 5.41) is 19.0. The zero-order valence-corrected chi connectivity index (χ0v) is 17.4. The molecule has 0 saturated carbocycles. The van der Waals surface area contributed by atoms with Gasteiger partial charge in [0.2, 0.25) is 10.0 Å². The molecule has 1 aliphatic heterocycles. The maximum Gasteiger partial charge on any atom is 0.414 e. The first-order valence-electron chi connectivity index (χ1n) is 8.58. The summed E-state index contributed by atoms with van der Waals surface area (Å²) in [6, 6.07) is 8.68. The zero-order valence-electron chi connectivity index (χ0n) is 15.7. The van der Waals surface area contributed by atoms with Gasteiger partial charge in [0.25, 0.3) is 0 Å². The number of thiophene rings is 1. The molecule has 1 aromatic carbocycles. The van der Waals surface area contributed by atoms with E-state index < -0.39 is 22.0 Å². The van der Waals surface area contributed by atoms with Crippen molar-refractivity contribution in [2.45, 2.75) is 11.4 Å². The summed E-state index contributed by atoms with van der Waals surface area (Å²) in [6.07, 6.45) is 0. The molecule has 0 unspecified atom stereocenters. The average molecular weight is 443 g/mol. The summed E-state index contributed by atoms with van der Waals surface area (Å²) in [5.74, 6) is -2.99. The largest absolute Gasteiger partial charge is 0.497 e. The second-order valence-electron chi connectivity index (χ2n) is 6.10. The molecular weight excluding hydrogens is 420 g/mol. The lowest BCUT2D eigenvalue weighted by Crippen LogP contribution is -2.48. The maximum atomic E-state index is 12.7. The summed E-state index contributed by atoms with van der Waals surface area (Å²) in [6.45, 7) is 3.45. The minimum atomic E-state index is -3.42. The molecule has 1 saturated heterocycles. The van der Waals surface area contributed by atoms with E-state index in [1.165, 1.54) is 5.56 Å². The highest BCUT2D eigenvalue weighted by Gasteiger charge is 2.28. The number of hydrogen-bond acceptors (Lipinski definition) is 7. The Labute approximate surface area is 172 Å². The fourth-order valence-electron chi connectivity index (χ4n) is 2.67. The third kappa shape index (κ3) is 6.53. The number of rotatable bonds is 5. The Hall–Kier alpha value is -2.47. The highest BCUT2D eigenvalue weighted by atomic mass is 32.2. The van der Waals surface area contributed by atoms with Gasteiger partial charge in [-0.1, -0.05) is 0 Å². The quantitative estimate of drug-likeness (QED) is 0.666. The Morgan fingerprint density at radius 3 is 2.07 bits per heavy atom. The normalized spacial score (nSPS) is 15.2. The number of carboxylic acid groups (broad SMARTS) is 2. The topological polar surface area (TPSA) is 124 Å².